The summed E-state index contributed by atoms with van der Waals surface area (Å²) in [6.45, 7) is 0. The molecular weight excluding hydrogens is 352 g/mol. The average molecular weight is 368 g/mol. The molecule has 0 aliphatic carbocycles. The Bertz CT molecular complexity index is 1260. The second-order valence-electron chi connectivity index (χ2n) is 6.23. The lowest BCUT2D eigenvalue weighted by Gasteiger charge is -2.10. The zero-order chi connectivity index (χ0) is 18.9. The molecule has 0 bridgehead atoms. The van der Waals surface area contributed by atoms with Gasteiger partial charge in [-0.25, -0.2) is 4.98 Å². The van der Waals surface area contributed by atoms with Crippen molar-refractivity contribution >= 4 is 16.7 Å². The van der Waals surface area contributed by atoms with E-state index in [0.29, 0.717) is 23.1 Å². The summed E-state index contributed by atoms with van der Waals surface area (Å²) in [6.07, 6.45) is 0. The van der Waals surface area contributed by atoms with Gasteiger partial charge in [0.15, 0.2) is 5.82 Å². The molecule has 0 N–H and O–H groups in total. The van der Waals surface area contributed by atoms with Crippen LogP contribution in [0.2, 0.25) is 0 Å². The van der Waals surface area contributed by atoms with Gasteiger partial charge in [0.05, 0.1) is 18.1 Å². The molecule has 2 aromatic heterocycles. The van der Waals surface area contributed by atoms with Crippen molar-refractivity contribution in [3.8, 4) is 28.8 Å². The van der Waals surface area contributed by atoms with E-state index in [1.165, 1.54) is 0 Å². The Morgan fingerprint density at radius 2 is 1.50 bits per heavy atom. The van der Waals surface area contributed by atoms with Crippen LogP contribution in [-0.4, -0.2) is 26.7 Å². The zero-order valence-electron chi connectivity index (χ0n) is 15.1. The van der Waals surface area contributed by atoms with Gasteiger partial charge in [0, 0.05) is 5.56 Å². The van der Waals surface area contributed by atoms with Gasteiger partial charge in [-0.1, -0.05) is 30.3 Å². The highest BCUT2D eigenvalue weighted by Crippen LogP contribution is 2.30. The van der Waals surface area contributed by atoms with Crippen molar-refractivity contribution in [2.24, 2.45) is 0 Å². The van der Waals surface area contributed by atoms with Crippen LogP contribution in [0.15, 0.2) is 78.9 Å². The minimum atomic E-state index is 0.414. The minimum absolute atomic E-state index is 0.414. The molecule has 28 heavy (non-hydrogen) atoms. The second kappa shape index (κ2) is 6.66. The van der Waals surface area contributed by atoms with Crippen LogP contribution in [0.4, 0.5) is 0 Å². The molecule has 0 saturated heterocycles. The summed E-state index contributed by atoms with van der Waals surface area (Å²) in [5.41, 5.74) is 3.20. The Hall–Kier alpha value is -3.93. The molecule has 0 aliphatic rings. The topological polar surface area (TPSA) is 61.5 Å². The molecule has 0 radical (unpaired) electrons. The Balaban J connectivity index is 1.74. The maximum atomic E-state index is 6.03. The molecule has 6 heteroatoms. The third kappa shape index (κ3) is 2.72. The van der Waals surface area contributed by atoms with Crippen LogP contribution in [0.5, 0.6) is 17.4 Å². The van der Waals surface area contributed by atoms with Crippen molar-refractivity contribution in [1.82, 2.24) is 19.6 Å². The van der Waals surface area contributed by atoms with Crippen molar-refractivity contribution < 1.29 is 9.47 Å². The van der Waals surface area contributed by atoms with E-state index in [1.807, 2.05) is 83.3 Å². The van der Waals surface area contributed by atoms with Gasteiger partial charge in [0.2, 0.25) is 5.65 Å². The Labute approximate surface area is 161 Å². The van der Waals surface area contributed by atoms with Gasteiger partial charge < -0.3 is 9.47 Å². The predicted octanol–water partition coefficient (Wildman–Crippen LogP) is 4.75. The van der Waals surface area contributed by atoms with E-state index in [9.17, 15) is 0 Å². The van der Waals surface area contributed by atoms with E-state index in [1.54, 1.807) is 7.11 Å². The number of rotatable bonds is 4. The number of methoxy groups -OCH3 is 1. The van der Waals surface area contributed by atoms with Gasteiger partial charge in [-0.3, -0.25) is 4.40 Å². The molecule has 0 atom stereocenters. The van der Waals surface area contributed by atoms with E-state index < -0.39 is 0 Å². The van der Waals surface area contributed by atoms with Crippen LogP contribution in [-0.2, 0) is 0 Å². The Kier molecular flexibility index (Phi) is 3.87. The first kappa shape index (κ1) is 16.3. The van der Waals surface area contributed by atoms with Crippen LogP contribution in [0.1, 0.15) is 0 Å². The summed E-state index contributed by atoms with van der Waals surface area (Å²) < 4.78 is 13.3. The van der Waals surface area contributed by atoms with Crippen LogP contribution in [0.25, 0.3) is 28.1 Å². The molecular formula is C22H16N4O2. The molecule has 5 rings (SSSR count). The van der Waals surface area contributed by atoms with Gasteiger partial charge in [0.25, 0.3) is 5.88 Å². The predicted molar refractivity (Wildman–Crippen MR) is 107 cm³/mol. The second-order valence-corrected chi connectivity index (χ2v) is 6.23. The Morgan fingerprint density at radius 1 is 0.750 bits per heavy atom. The fourth-order valence-electron chi connectivity index (χ4n) is 3.15. The van der Waals surface area contributed by atoms with Crippen LogP contribution in [0.3, 0.4) is 0 Å². The van der Waals surface area contributed by atoms with Gasteiger partial charge in [0.1, 0.15) is 11.5 Å². The molecule has 0 fully saturated rings. The summed E-state index contributed by atoms with van der Waals surface area (Å²) in [6, 6.07) is 25.1. The molecule has 2 heterocycles. The number of ether oxygens (including phenoxy) is 2. The van der Waals surface area contributed by atoms with E-state index in [2.05, 4.69) is 15.2 Å². The lowest BCUT2D eigenvalue weighted by molar-refractivity contribution is 0.415. The SMILES string of the molecule is COc1ccc(-c2nnc3c(Oc4ccccc4)nc4ccccc4n23)cc1. The Morgan fingerprint density at radius 3 is 2.29 bits per heavy atom. The first-order valence-corrected chi connectivity index (χ1v) is 8.85. The number of para-hydroxylation sites is 3. The van der Waals surface area contributed by atoms with Crippen molar-refractivity contribution in [2.75, 3.05) is 7.11 Å². The standard InChI is InChI=1S/C22H16N4O2/c1-27-16-13-11-15(12-14-16)20-24-25-21-22(28-17-7-3-2-4-8-17)23-18-9-5-6-10-19(18)26(20)21/h2-14H,1H3. The lowest BCUT2D eigenvalue weighted by atomic mass is 10.2. The minimum Gasteiger partial charge on any atom is -0.497 e. The smallest absolute Gasteiger partial charge is 0.266 e. The third-order valence-electron chi connectivity index (χ3n) is 4.50. The summed E-state index contributed by atoms with van der Waals surface area (Å²) in [4.78, 5) is 4.67. The summed E-state index contributed by atoms with van der Waals surface area (Å²) >= 11 is 0. The highest BCUT2D eigenvalue weighted by atomic mass is 16.5. The van der Waals surface area contributed by atoms with Gasteiger partial charge >= 0.3 is 0 Å². The molecule has 136 valence electrons. The summed E-state index contributed by atoms with van der Waals surface area (Å²) in [5, 5.41) is 8.80. The van der Waals surface area contributed by atoms with E-state index in [-0.39, 0.29) is 0 Å². The maximum Gasteiger partial charge on any atom is 0.266 e. The van der Waals surface area contributed by atoms with E-state index >= 15 is 0 Å². The molecule has 0 saturated carbocycles. The van der Waals surface area contributed by atoms with E-state index in [4.69, 9.17) is 9.47 Å². The third-order valence-corrected chi connectivity index (χ3v) is 4.50. The first-order valence-electron chi connectivity index (χ1n) is 8.85. The zero-order valence-corrected chi connectivity index (χ0v) is 15.1. The highest BCUT2D eigenvalue weighted by Gasteiger charge is 2.17. The number of fused-ring (bicyclic) bond motifs is 3. The molecule has 3 aromatic carbocycles. The normalized spacial score (nSPS) is 11.0. The molecule has 0 unspecified atom stereocenters. The van der Waals surface area contributed by atoms with Crippen molar-refractivity contribution in [2.45, 2.75) is 0 Å². The highest BCUT2D eigenvalue weighted by molar-refractivity contribution is 5.82. The fraction of sp³-hybridized carbons (Fsp3) is 0.0455. The monoisotopic (exact) mass is 368 g/mol. The van der Waals surface area contributed by atoms with Crippen molar-refractivity contribution in [3.05, 3.63) is 78.9 Å². The van der Waals surface area contributed by atoms with Crippen molar-refractivity contribution in [1.29, 1.82) is 0 Å². The van der Waals surface area contributed by atoms with E-state index in [0.717, 1.165) is 22.3 Å². The molecule has 6 nitrogen and oxygen atoms in total. The number of hydrogen-bond acceptors (Lipinski definition) is 5. The maximum absolute atomic E-state index is 6.03. The molecule has 0 amide bonds. The largest absolute Gasteiger partial charge is 0.497 e. The van der Waals surface area contributed by atoms with Gasteiger partial charge in [-0.15, -0.1) is 10.2 Å². The van der Waals surface area contributed by atoms with Crippen molar-refractivity contribution in [3.63, 3.8) is 0 Å². The van der Waals surface area contributed by atoms with Crippen LogP contribution < -0.4 is 9.47 Å². The summed E-state index contributed by atoms with van der Waals surface area (Å²) in [7, 11) is 1.65. The van der Waals surface area contributed by atoms with Gasteiger partial charge in [-0.05, 0) is 48.5 Å². The average Bonchev–Trinajstić information content (AvgIpc) is 3.20. The number of hydrogen-bond donors (Lipinski definition) is 0. The number of aromatic nitrogens is 4. The number of benzene rings is 3. The quantitative estimate of drug-likeness (QED) is 0.458. The lowest BCUT2D eigenvalue weighted by Crippen LogP contribution is -1.98. The molecule has 0 aliphatic heterocycles. The van der Waals surface area contributed by atoms with Crippen LogP contribution >= 0.6 is 0 Å². The molecule has 5 aromatic rings. The fourth-order valence-corrected chi connectivity index (χ4v) is 3.15. The number of nitrogens with zero attached hydrogens (tertiary/aromatic N) is 4. The van der Waals surface area contributed by atoms with Crippen LogP contribution in [0, 0.1) is 0 Å². The molecule has 0 spiro atoms. The van der Waals surface area contributed by atoms with Gasteiger partial charge in [-0.2, -0.15) is 0 Å². The first-order chi connectivity index (χ1) is 13.8. The summed E-state index contributed by atoms with van der Waals surface area (Å²) in [5.74, 6) is 2.62.